The molecule has 2 aliphatic rings. The molecule has 0 radical (unpaired) electrons. The molecule has 2 aliphatic heterocycles. The Bertz CT molecular complexity index is 305. The van der Waals surface area contributed by atoms with Crippen molar-refractivity contribution in [1.29, 1.82) is 0 Å². The van der Waals surface area contributed by atoms with Crippen molar-refractivity contribution in [3.63, 3.8) is 0 Å². The minimum Gasteiger partial charge on any atom is -0.353 e. The van der Waals surface area contributed by atoms with Crippen LogP contribution in [0.25, 0.3) is 0 Å². The van der Waals surface area contributed by atoms with E-state index in [4.69, 9.17) is 0 Å². The third kappa shape index (κ3) is 3.73. The van der Waals surface area contributed by atoms with E-state index in [1.54, 1.807) is 0 Å². The van der Waals surface area contributed by atoms with E-state index in [2.05, 4.69) is 29.4 Å². The zero-order chi connectivity index (χ0) is 14.4. The van der Waals surface area contributed by atoms with E-state index in [1.165, 1.54) is 13.0 Å². The summed E-state index contributed by atoms with van der Waals surface area (Å²) in [6.45, 7) is 9.76. The van der Waals surface area contributed by atoms with E-state index >= 15 is 0 Å². The lowest BCUT2D eigenvalue weighted by atomic mass is 9.77. The molecule has 0 aromatic rings. The molecule has 0 bridgehead atoms. The van der Waals surface area contributed by atoms with Gasteiger partial charge in [-0.05, 0) is 51.6 Å². The minimum absolute atomic E-state index is 0.154. The summed E-state index contributed by atoms with van der Waals surface area (Å²) in [6, 6.07) is 0.390. The van der Waals surface area contributed by atoms with Crippen LogP contribution in [0.3, 0.4) is 0 Å². The molecule has 2 N–H and O–H groups in total. The maximum Gasteiger partial charge on any atom is 0.227 e. The second-order valence-electron chi connectivity index (χ2n) is 6.50. The summed E-state index contributed by atoms with van der Waals surface area (Å²) in [6.07, 6.45) is 6.55. The number of amides is 1. The Labute approximate surface area is 123 Å². The largest absolute Gasteiger partial charge is 0.353 e. The molecule has 4 heteroatoms. The zero-order valence-corrected chi connectivity index (χ0v) is 13.2. The fraction of sp³-hybridized carbons (Fsp3) is 0.938. The van der Waals surface area contributed by atoms with Crippen LogP contribution in [0.5, 0.6) is 0 Å². The Morgan fingerprint density at radius 2 is 2.10 bits per heavy atom. The van der Waals surface area contributed by atoms with Crippen molar-refractivity contribution in [2.75, 3.05) is 32.7 Å². The van der Waals surface area contributed by atoms with Gasteiger partial charge in [-0.3, -0.25) is 4.79 Å². The standard InChI is InChI=1S/C16H31N3O/c1-3-10-19-11-6-14(7-12-19)18-15(20)16(4-2)8-5-9-17-13-16/h14,17H,3-13H2,1-2H3,(H,18,20). The van der Waals surface area contributed by atoms with Gasteiger partial charge in [0.25, 0.3) is 0 Å². The maximum atomic E-state index is 12.7. The summed E-state index contributed by atoms with van der Waals surface area (Å²) < 4.78 is 0. The highest BCUT2D eigenvalue weighted by Gasteiger charge is 2.38. The molecule has 20 heavy (non-hydrogen) atoms. The van der Waals surface area contributed by atoms with Crippen molar-refractivity contribution in [1.82, 2.24) is 15.5 Å². The number of carbonyl (C=O) groups is 1. The highest BCUT2D eigenvalue weighted by molar-refractivity contribution is 5.83. The molecule has 1 atom stereocenters. The van der Waals surface area contributed by atoms with Crippen molar-refractivity contribution in [3.8, 4) is 0 Å². The van der Waals surface area contributed by atoms with Gasteiger partial charge in [0, 0.05) is 25.7 Å². The topological polar surface area (TPSA) is 44.4 Å². The Morgan fingerprint density at radius 1 is 1.35 bits per heavy atom. The lowest BCUT2D eigenvalue weighted by Crippen LogP contribution is -2.54. The molecule has 2 heterocycles. The average Bonchev–Trinajstić information content (AvgIpc) is 2.50. The van der Waals surface area contributed by atoms with Gasteiger partial charge in [-0.2, -0.15) is 0 Å². The summed E-state index contributed by atoms with van der Waals surface area (Å²) in [5.74, 6) is 0.293. The number of carbonyl (C=O) groups excluding carboxylic acids is 1. The number of hydrogen-bond donors (Lipinski definition) is 2. The molecule has 4 nitrogen and oxygen atoms in total. The van der Waals surface area contributed by atoms with Gasteiger partial charge in [0.05, 0.1) is 5.41 Å². The van der Waals surface area contributed by atoms with Gasteiger partial charge in [-0.15, -0.1) is 0 Å². The van der Waals surface area contributed by atoms with E-state index in [9.17, 15) is 4.79 Å². The summed E-state index contributed by atoms with van der Waals surface area (Å²) in [5, 5.41) is 6.74. The normalized spacial score (nSPS) is 29.3. The lowest BCUT2D eigenvalue weighted by Gasteiger charge is -2.38. The van der Waals surface area contributed by atoms with Crippen LogP contribution in [-0.2, 0) is 4.79 Å². The van der Waals surface area contributed by atoms with Crippen molar-refractivity contribution < 1.29 is 4.79 Å². The fourth-order valence-corrected chi connectivity index (χ4v) is 3.58. The van der Waals surface area contributed by atoms with E-state index < -0.39 is 0 Å². The lowest BCUT2D eigenvalue weighted by molar-refractivity contribution is -0.133. The van der Waals surface area contributed by atoms with Gasteiger partial charge in [0.1, 0.15) is 0 Å². The average molecular weight is 281 g/mol. The summed E-state index contributed by atoms with van der Waals surface area (Å²) in [7, 11) is 0. The van der Waals surface area contributed by atoms with Crippen molar-refractivity contribution in [2.24, 2.45) is 5.41 Å². The molecule has 116 valence electrons. The number of piperidine rings is 2. The van der Waals surface area contributed by atoms with Crippen molar-refractivity contribution in [2.45, 2.75) is 58.4 Å². The Hall–Kier alpha value is -0.610. The van der Waals surface area contributed by atoms with Gasteiger partial charge in [0.15, 0.2) is 0 Å². The van der Waals surface area contributed by atoms with E-state index in [1.807, 2.05) is 0 Å². The molecule has 0 spiro atoms. The third-order valence-corrected chi connectivity index (χ3v) is 5.09. The highest BCUT2D eigenvalue weighted by atomic mass is 16.2. The first-order valence-corrected chi connectivity index (χ1v) is 8.44. The van der Waals surface area contributed by atoms with Crippen molar-refractivity contribution in [3.05, 3.63) is 0 Å². The second-order valence-corrected chi connectivity index (χ2v) is 6.50. The van der Waals surface area contributed by atoms with Gasteiger partial charge in [-0.25, -0.2) is 0 Å². The molecule has 0 aliphatic carbocycles. The number of rotatable bonds is 5. The predicted octanol–water partition coefficient (Wildman–Crippen LogP) is 1.76. The van der Waals surface area contributed by atoms with E-state index in [-0.39, 0.29) is 5.41 Å². The zero-order valence-electron chi connectivity index (χ0n) is 13.2. The molecule has 2 rings (SSSR count). The van der Waals surface area contributed by atoms with Crippen LogP contribution in [0.1, 0.15) is 52.4 Å². The monoisotopic (exact) mass is 281 g/mol. The second kappa shape index (κ2) is 7.41. The molecular formula is C16H31N3O. The van der Waals surface area contributed by atoms with Gasteiger partial charge >= 0.3 is 0 Å². The quantitative estimate of drug-likeness (QED) is 0.807. The van der Waals surface area contributed by atoms with Gasteiger partial charge < -0.3 is 15.5 Å². The summed E-state index contributed by atoms with van der Waals surface area (Å²) in [5.41, 5.74) is -0.154. The minimum atomic E-state index is -0.154. The van der Waals surface area contributed by atoms with Crippen LogP contribution in [0.15, 0.2) is 0 Å². The van der Waals surface area contributed by atoms with Crippen LogP contribution >= 0.6 is 0 Å². The molecule has 1 amide bonds. The molecule has 0 aromatic heterocycles. The first-order chi connectivity index (χ1) is 9.70. The molecule has 1 unspecified atom stereocenters. The third-order valence-electron chi connectivity index (χ3n) is 5.09. The van der Waals surface area contributed by atoms with Crippen LogP contribution in [0.2, 0.25) is 0 Å². The predicted molar refractivity (Wildman–Crippen MR) is 82.7 cm³/mol. The van der Waals surface area contributed by atoms with Crippen molar-refractivity contribution >= 4 is 5.91 Å². The molecule has 0 saturated carbocycles. The fourth-order valence-electron chi connectivity index (χ4n) is 3.58. The van der Waals surface area contributed by atoms with Crippen LogP contribution in [-0.4, -0.2) is 49.6 Å². The highest BCUT2D eigenvalue weighted by Crippen LogP contribution is 2.30. The first kappa shape index (κ1) is 15.8. The van der Waals surface area contributed by atoms with Crippen LogP contribution in [0.4, 0.5) is 0 Å². The number of nitrogens with one attached hydrogen (secondary N) is 2. The smallest absolute Gasteiger partial charge is 0.227 e. The maximum absolute atomic E-state index is 12.7. The molecule has 2 saturated heterocycles. The Balaban J connectivity index is 1.82. The number of nitrogens with zero attached hydrogens (tertiary/aromatic N) is 1. The number of hydrogen-bond acceptors (Lipinski definition) is 3. The van der Waals surface area contributed by atoms with Gasteiger partial charge in [-0.1, -0.05) is 13.8 Å². The van der Waals surface area contributed by atoms with Crippen LogP contribution < -0.4 is 10.6 Å². The molecular weight excluding hydrogens is 250 g/mol. The molecule has 0 aromatic carbocycles. The first-order valence-electron chi connectivity index (χ1n) is 8.44. The van der Waals surface area contributed by atoms with E-state index in [0.717, 1.165) is 58.3 Å². The number of likely N-dealkylation sites (tertiary alicyclic amines) is 1. The summed E-state index contributed by atoms with van der Waals surface area (Å²) in [4.78, 5) is 15.2. The summed E-state index contributed by atoms with van der Waals surface area (Å²) >= 11 is 0. The Morgan fingerprint density at radius 3 is 2.65 bits per heavy atom. The molecule has 2 fully saturated rings. The van der Waals surface area contributed by atoms with Crippen LogP contribution in [0, 0.1) is 5.41 Å². The van der Waals surface area contributed by atoms with Gasteiger partial charge in [0.2, 0.25) is 5.91 Å². The SMILES string of the molecule is CCCN1CCC(NC(=O)C2(CC)CCCNC2)CC1. The van der Waals surface area contributed by atoms with E-state index in [0.29, 0.717) is 11.9 Å². The Kier molecular flexibility index (Phi) is 5.85.